The Bertz CT molecular complexity index is 1430. The van der Waals surface area contributed by atoms with E-state index in [1.807, 2.05) is 34.6 Å². The summed E-state index contributed by atoms with van der Waals surface area (Å²) >= 11 is 12.6. The van der Waals surface area contributed by atoms with E-state index in [1.165, 1.54) is 42.5 Å². The lowest BCUT2D eigenvalue weighted by molar-refractivity contribution is 0.286. The largest absolute Gasteiger partial charge is 0.368 e. The average Bonchev–Trinajstić information content (AvgIpc) is 3.67. The average molecular weight is 618 g/mol. The van der Waals surface area contributed by atoms with Gasteiger partial charge in [0.15, 0.2) is 0 Å². The molecule has 3 heterocycles. The van der Waals surface area contributed by atoms with Crippen molar-refractivity contribution in [1.82, 2.24) is 9.99 Å². The zero-order valence-electron chi connectivity index (χ0n) is 25.3. The van der Waals surface area contributed by atoms with Crippen molar-refractivity contribution in [2.24, 2.45) is 11.0 Å². The summed E-state index contributed by atoms with van der Waals surface area (Å²) in [5.74, 6) is 3.21. The Morgan fingerprint density at radius 3 is 2.37 bits per heavy atom. The van der Waals surface area contributed by atoms with Crippen molar-refractivity contribution in [3.63, 3.8) is 0 Å². The number of nitrogens with zero attached hydrogens (tertiary/aromatic N) is 6. The molecule has 2 aromatic carbocycles. The Balaban J connectivity index is 0.962. The molecule has 2 unspecified atom stereocenters. The predicted octanol–water partition coefficient (Wildman–Crippen LogP) is 8.57. The van der Waals surface area contributed by atoms with Gasteiger partial charge >= 0.3 is 0 Å². The maximum atomic E-state index is 6.49. The molecule has 0 spiro atoms. The highest BCUT2D eigenvalue weighted by Gasteiger charge is 2.28. The lowest BCUT2D eigenvalue weighted by Crippen LogP contribution is -2.46. The first-order chi connectivity index (χ1) is 20.9. The topological polar surface area (TPSA) is 38.2 Å². The monoisotopic (exact) mass is 616 g/mol. The Kier molecular flexibility index (Phi) is 9.15. The molecule has 0 bridgehead atoms. The van der Waals surface area contributed by atoms with Crippen LogP contribution in [0.4, 0.5) is 17.2 Å². The van der Waals surface area contributed by atoms with Crippen molar-refractivity contribution < 1.29 is 0 Å². The fourth-order valence-electron chi connectivity index (χ4n) is 6.71. The van der Waals surface area contributed by atoms with Gasteiger partial charge in [0, 0.05) is 41.9 Å². The highest BCUT2D eigenvalue weighted by molar-refractivity contribution is 6.35. The number of aromatic nitrogens is 1. The summed E-state index contributed by atoms with van der Waals surface area (Å²) < 4.78 is 0. The van der Waals surface area contributed by atoms with Gasteiger partial charge in [-0.3, -0.25) is 4.90 Å². The molecular weight excluding hydrogens is 575 g/mol. The lowest BCUT2D eigenvalue weighted by Gasteiger charge is -2.37. The first-order valence-corrected chi connectivity index (χ1v) is 16.5. The molecule has 6 rings (SSSR count). The number of hydrogen-bond acceptors (Lipinski definition) is 6. The maximum Gasteiger partial charge on any atom is 0.128 e. The van der Waals surface area contributed by atoms with Crippen LogP contribution in [0.5, 0.6) is 0 Å². The number of hydrazone groups is 1. The van der Waals surface area contributed by atoms with Crippen LogP contribution in [-0.4, -0.2) is 48.6 Å². The fraction of sp³-hybridized carbons (Fsp3) is 0.429. The predicted molar refractivity (Wildman–Crippen MR) is 182 cm³/mol. The van der Waals surface area contributed by atoms with E-state index in [0.717, 1.165) is 67.3 Å². The van der Waals surface area contributed by atoms with Gasteiger partial charge in [-0.2, -0.15) is 5.10 Å². The molecule has 1 saturated heterocycles. The van der Waals surface area contributed by atoms with Gasteiger partial charge in [-0.05, 0) is 105 Å². The molecule has 6 nitrogen and oxygen atoms in total. The minimum absolute atomic E-state index is 0.320. The third-order valence-corrected chi connectivity index (χ3v) is 10.1. The number of rotatable bonds is 9. The number of anilines is 3. The van der Waals surface area contributed by atoms with Crippen molar-refractivity contribution in [3.05, 3.63) is 94.4 Å². The molecule has 1 saturated carbocycles. The molecule has 2 aliphatic heterocycles. The zero-order valence-corrected chi connectivity index (χ0v) is 26.8. The van der Waals surface area contributed by atoms with Crippen LogP contribution in [0, 0.1) is 5.92 Å². The van der Waals surface area contributed by atoms with E-state index in [4.69, 9.17) is 28.2 Å². The normalized spacial score (nSPS) is 21.3. The number of halogens is 2. The SMILES string of the molecule is C=C1N(c2ccc(N3CCN(c4ccc(CC[C@@H]5CCC(c6ccc(Cl)cc6Cl)C5)cc4)CC3)nc2)C=NN1C(C)CC. The standard InChI is InChI=1S/C35H42Cl2N6/c1-4-25(2)43-26(3)42(24-39-43)32-14-16-35(38-23-32)41-19-17-40(18-20-41)31-12-8-27(9-13-31)5-6-28-7-10-29(21-28)33-15-11-30(36)22-34(33)37/h8-9,11-16,22-25,28-29H,3-7,10,17-21H2,1-2H3/t25?,28-,29?/m1/s1. The summed E-state index contributed by atoms with van der Waals surface area (Å²) in [5, 5.41) is 8.04. The smallest absolute Gasteiger partial charge is 0.128 e. The summed E-state index contributed by atoms with van der Waals surface area (Å²) in [6.45, 7) is 12.4. The molecular formula is C35H42Cl2N6. The van der Waals surface area contributed by atoms with Crippen molar-refractivity contribution in [2.75, 3.05) is 40.9 Å². The second-order valence-corrected chi connectivity index (χ2v) is 13.1. The van der Waals surface area contributed by atoms with E-state index >= 15 is 0 Å². The molecule has 226 valence electrons. The van der Waals surface area contributed by atoms with Gasteiger partial charge in [0.25, 0.3) is 0 Å². The van der Waals surface area contributed by atoms with Crippen LogP contribution in [0.15, 0.2) is 78.3 Å². The first kappa shape index (κ1) is 29.8. The second kappa shape index (κ2) is 13.2. The van der Waals surface area contributed by atoms with Crippen molar-refractivity contribution in [2.45, 2.75) is 64.3 Å². The molecule has 2 fully saturated rings. The minimum atomic E-state index is 0.320. The van der Waals surface area contributed by atoms with Crippen LogP contribution in [0.1, 0.15) is 63.0 Å². The van der Waals surface area contributed by atoms with Gasteiger partial charge in [-0.1, -0.05) is 54.9 Å². The van der Waals surface area contributed by atoms with Gasteiger partial charge in [0.2, 0.25) is 0 Å². The minimum Gasteiger partial charge on any atom is -0.368 e. The van der Waals surface area contributed by atoms with Crippen LogP contribution in [0.2, 0.25) is 10.0 Å². The van der Waals surface area contributed by atoms with Gasteiger partial charge < -0.3 is 9.80 Å². The summed E-state index contributed by atoms with van der Waals surface area (Å²) in [6, 6.07) is 19.8. The number of hydrogen-bond donors (Lipinski definition) is 0. The maximum absolute atomic E-state index is 6.49. The van der Waals surface area contributed by atoms with E-state index in [9.17, 15) is 0 Å². The number of benzene rings is 2. The van der Waals surface area contributed by atoms with Crippen molar-refractivity contribution in [3.8, 4) is 0 Å². The number of pyridine rings is 1. The summed E-state index contributed by atoms with van der Waals surface area (Å²) in [6.07, 6.45) is 10.9. The summed E-state index contributed by atoms with van der Waals surface area (Å²) in [7, 11) is 0. The van der Waals surface area contributed by atoms with Crippen LogP contribution >= 0.6 is 23.2 Å². The summed E-state index contributed by atoms with van der Waals surface area (Å²) in [4.78, 5) is 11.7. The lowest BCUT2D eigenvalue weighted by atomic mass is 9.93. The van der Waals surface area contributed by atoms with Crippen LogP contribution < -0.4 is 14.7 Å². The van der Waals surface area contributed by atoms with Gasteiger partial charge in [-0.15, -0.1) is 0 Å². The van der Waals surface area contributed by atoms with E-state index in [1.54, 1.807) is 0 Å². The highest BCUT2D eigenvalue weighted by atomic mass is 35.5. The van der Waals surface area contributed by atoms with Gasteiger partial charge in [0.05, 0.1) is 17.9 Å². The van der Waals surface area contributed by atoms with Crippen LogP contribution in [-0.2, 0) is 6.42 Å². The van der Waals surface area contributed by atoms with Gasteiger partial charge in [0.1, 0.15) is 18.0 Å². The molecule has 1 aliphatic carbocycles. The Hall–Kier alpha value is -3.22. The molecule has 0 N–H and O–H groups in total. The zero-order chi connectivity index (χ0) is 29.9. The van der Waals surface area contributed by atoms with E-state index in [0.29, 0.717) is 17.0 Å². The second-order valence-electron chi connectivity index (χ2n) is 12.2. The molecule has 1 aromatic heterocycles. The number of piperazine rings is 1. The third-order valence-electron chi connectivity index (χ3n) is 9.54. The molecule has 0 radical (unpaired) electrons. The molecule has 8 heteroatoms. The Morgan fingerprint density at radius 1 is 0.930 bits per heavy atom. The van der Waals surface area contributed by atoms with E-state index in [2.05, 4.69) is 77.8 Å². The Morgan fingerprint density at radius 2 is 1.67 bits per heavy atom. The quantitative estimate of drug-likeness (QED) is 0.241. The first-order valence-electron chi connectivity index (χ1n) is 15.7. The van der Waals surface area contributed by atoms with E-state index < -0.39 is 0 Å². The molecule has 3 aliphatic rings. The number of aryl methyl sites for hydroxylation is 1. The molecule has 0 amide bonds. The summed E-state index contributed by atoms with van der Waals surface area (Å²) in [5.41, 5.74) is 4.99. The van der Waals surface area contributed by atoms with E-state index in [-0.39, 0.29) is 0 Å². The fourth-order valence-corrected chi connectivity index (χ4v) is 7.27. The van der Waals surface area contributed by atoms with Crippen molar-refractivity contribution >= 4 is 46.7 Å². The van der Waals surface area contributed by atoms with Crippen LogP contribution in [0.3, 0.4) is 0 Å². The molecule has 3 aromatic rings. The highest BCUT2D eigenvalue weighted by Crippen LogP contribution is 2.43. The van der Waals surface area contributed by atoms with Crippen molar-refractivity contribution in [1.29, 1.82) is 0 Å². The van der Waals surface area contributed by atoms with Crippen LogP contribution in [0.25, 0.3) is 0 Å². The molecule has 43 heavy (non-hydrogen) atoms. The molecule has 3 atom stereocenters. The Labute approximate surface area is 266 Å². The third kappa shape index (κ3) is 6.66. The van der Waals surface area contributed by atoms with Gasteiger partial charge in [-0.25, -0.2) is 9.99 Å².